The fourth-order valence-corrected chi connectivity index (χ4v) is 3.67. The molecule has 1 atom stereocenters. The molecule has 5 heteroatoms. The largest absolute Gasteiger partial charge is 0.508 e. The molecule has 1 aliphatic rings. The summed E-state index contributed by atoms with van der Waals surface area (Å²) in [6, 6.07) is 15.5. The van der Waals surface area contributed by atoms with Gasteiger partial charge in [0, 0.05) is 13.5 Å². The second kappa shape index (κ2) is 6.67. The van der Waals surface area contributed by atoms with Gasteiger partial charge in [0.25, 0.3) is 5.91 Å². The number of aromatic hydroxyl groups is 1. The highest BCUT2D eigenvalue weighted by molar-refractivity contribution is 5.95. The van der Waals surface area contributed by atoms with Crippen LogP contribution in [0.4, 0.5) is 0 Å². The molecule has 2 N–H and O–H groups in total. The van der Waals surface area contributed by atoms with Crippen molar-refractivity contribution >= 4 is 5.91 Å². The highest BCUT2D eigenvalue weighted by Gasteiger charge is 2.27. The van der Waals surface area contributed by atoms with Crippen LogP contribution in [0.25, 0.3) is 0 Å². The van der Waals surface area contributed by atoms with E-state index in [1.54, 1.807) is 16.9 Å². The molecule has 26 heavy (non-hydrogen) atoms. The zero-order valence-corrected chi connectivity index (χ0v) is 14.6. The Kier molecular flexibility index (Phi) is 4.21. The van der Waals surface area contributed by atoms with Crippen LogP contribution >= 0.6 is 0 Å². The van der Waals surface area contributed by atoms with Crippen molar-refractivity contribution in [3.63, 3.8) is 0 Å². The number of nitrogens with zero attached hydrogens (tertiary/aromatic N) is 2. The van der Waals surface area contributed by atoms with Crippen LogP contribution in [0.2, 0.25) is 0 Å². The molecule has 0 saturated carbocycles. The molecule has 3 aromatic rings. The monoisotopic (exact) mass is 347 g/mol. The van der Waals surface area contributed by atoms with Gasteiger partial charge < -0.3 is 10.4 Å². The first-order valence-electron chi connectivity index (χ1n) is 8.80. The molecule has 0 fully saturated rings. The first kappa shape index (κ1) is 16.4. The quantitative estimate of drug-likeness (QED) is 0.762. The summed E-state index contributed by atoms with van der Waals surface area (Å²) in [6.45, 7) is 0. The molecular formula is C21H21N3O2. The summed E-state index contributed by atoms with van der Waals surface area (Å²) >= 11 is 0. The summed E-state index contributed by atoms with van der Waals surface area (Å²) in [7, 11) is 1.86. The number of nitrogens with one attached hydrogen (secondary N) is 1. The maximum absolute atomic E-state index is 12.9. The first-order chi connectivity index (χ1) is 12.6. The van der Waals surface area contributed by atoms with Crippen LogP contribution in [0.3, 0.4) is 0 Å². The molecule has 0 radical (unpaired) electrons. The van der Waals surface area contributed by atoms with Crippen LogP contribution in [0.15, 0.2) is 54.7 Å². The number of amides is 1. The van der Waals surface area contributed by atoms with Gasteiger partial charge in [0.15, 0.2) is 0 Å². The van der Waals surface area contributed by atoms with E-state index in [-0.39, 0.29) is 11.9 Å². The number of carbonyl (C=O) groups is 1. The summed E-state index contributed by atoms with van der Waals surface area (Å²) in [4.78, 5) is 12.9. The normalized spacial score (nSPS) is 15.7. The van der Waals surface area contributed by atoms with Crippen LogP contribution in [0.1, 0.15) is 45.2 Å². The van der Waals surface area contributed by atoms with Crippen LogP contribution in [-0.2, 0) is 19.9 Å². The average molecular weight is 347 g/mol. The van der Waals surface area contributed by atoms with Crippen molar-refractivity contribution in [3.05, 3.63) is 82.7 Å². The molecule has 0 aliphatic heterocycles. The first-order valence-corrected chi connectivity index (χ1v) is 8.80. The van der Waals surface area contributed by atoms with E-state index in [2.05, 4.69) is 10.4 Å². The second-order valence-corrected chi connectivity index (χ2v) is 6.70. The molecule has 1 heterocycles. The highest BCUT2D eigenvalue weighted by atomic mass is 16.3. The Morgan fingerprint density at radius 3 is 2.85 bits per heavy atom. The number of hydrogen-bond acceptors (Lipinski definition) is 3. The van der Waals surface area contributed by atoms with Crippen molar-refractivity contribution in [1.29, 1.82) is 0 Å². The Morgan fingerprint density at radius 2 is 2.04 bits per heavy atom. The van der Waals surface area contributed by atoms with Gasteiger partial charge in [-0.1, -0.05) is 42.5 Å². The Bertz CT molecular complexity index is 947. The minimum absolute atomic E-state index is 0.0746. The second-order valence-electron chi connectivity index (χ2n) is 6.70. The summed E-state index contributed by atoms with van der Waals surface area (Å²) in [5, 5.41) is 17.4. The number of phenolic OH excluding ortho intramolecular Hbond substituents is 1. The molecule has 5 nitrogen and oxygen atoms in total. The van der Waals surface area contributed by atoms with Crippen molar-refractivity contribution in [3.8, 4) is 5.75 Å². The Balaban J connectivity index is 1.56. The molecule has 1 aliphatic carbocycles. The molecule has 1 unspecified atom stereocenters. The van der Waals surface area contributed by atoms with Crippen molar-refractivity contribution in [2.75, 3.05) is 0 Å². The van der Waals surface area contributed by atoms with Crippen molar-refractivity contribution in [1.82, 2.24) is 15.1 Å². The molecule has 2 aromatic carbocycles. The van der Waals surface area contributed by atoms with Crippen LogP contribution in [0.5, 0.6) is 5.75 Å². The molecule has 0 saturated heterocycles. The molecule has 4 rings (SSSR count). The minimum atomic E-state index is -0.120. The van der Waals surface area contributed by atoms with Gasteiger partial charge in [-0.3, -0.25) is 9.48 Å². The summed E-state index contributed by atoms with van der Waals surface area (Å²) in [5.41, 5.74) is 4.58. The van der Waals surface area contributed by atoms with Gasteiger partial charge in [0.05, 0.1) is 23.5 Å². The van der Waals surface area contributed by atoms with E-state index in [0.29, 0.717) is 17.7 Å². The van der Waals surface area contributed by atoms with Gasteiger partial charge in [-0.15, -0.1) is 0 Å². The number of aryl methyl sites for hydroxylation is 1. The number of carbonyl (C=O) groups excluding carboxylic acids is 1. The smallest absolute Gasteiger partial charge is 0.255 e. The third-order valence-corrected chi connectivity index (χ3v) is 5.07. The maximum atomic E-state index is 12.9. The van der Waals surface area contributed by atoms with Crippen molar-refractivity contribution in [2.45, 2.75) is 25.3 Å². The lowest BCUT2D eigenvalue weighted by molar-refractivity contribution is 0.0935. The fraction of sp³-hybridized carbons (Fsp3) is 0.238. The Labute approximate surface area is 152 Å². The number of benzene rings is 2. The van der Waals surface area contributed by atoms with E-state index in [0.717, 1.165) is 35.2 Å². The van der Waals surface area contributed by atoms with Crippen LogP contribution < -0.4 is 5.32 Å². The van der Waals surface area contributed by atoms with Gasteiger partial charge >= 0.3 is 0 Å². The molecule has 132 valence electrons. The predicted molar refractivity (Wildman–Crippen MR) is 99.1 cm³/mol. The van der Waals surface area contributed by atoms with Gasteiger partial charge in [-0.25, -0.2) is 0 Å². The zero-order valence-electron chi connectivity index (χ0n) is 14.6. The Morgan fingerprint density at radius 1 is 1.23 bits per heavy atom. The van der Waals surface area contributed by atoms with Gasteiger partial charge in [0.2, 0.25) is 0 Å². The van der Waals surface area contributed by atoms with Gasteiger partial charge in [0.1, 0.15) is 5.75 Å². The third kappa shape index (κ3) is 2.96. The van der Waals surface area contributed by atoms with E-state index in [9.17, 15) is 9.90 Å². The van der Waals surface area contributed by atoms with Gasteiger partial charge in [-0.2, -0.15) is 5.10 Å². The lowest BCUT2D eigenvalue weighted by atomic mass is 10.0. The minimum Gasteiger partial charge on any atom is -0.508 e. The number of rotatable bonds is 4. The maximum Gasteiger partial charge on any atom is 0.255 e. The van der Waals surface area contributed by atoms with Crippen LogP contribution in [0, 0.1) is 0 Å². The molecular weight excluding hydrogens is 326 g/mol. The standard InChI is InChI=1S/C21H21N3O2/c1-24-19(12-14-6-3-2-4-7-14)17(13-22-24)21(26)23-18-11-10-16-15(18)8-5-9-20(16)25/h2-9,13,18,25H,10-12H2,1H3,(H,23,26). The summed E-state index contributed by atoms with van der Waals surface area (Å²) < 4.78 is 1.76. The lowest BCUT2D eigenvalue weighted by Gasteiger charge is -2.15. The third-order valence-electron chi connectivity index (χ3n) is 5.07. The summed E-state index contributed by atoms with van der Waals surface area (Å²) in [5.74, 6) is 0.190. The van der Waals surface area contributed by atoms with Crippen LogP contribution in [-0.4, -0.2) is 20.8 Å². The van der Waals surface area contributed by atoms with E-state index in [1.165, 1.54) is 0 Å². The lowest BCUT2D eigenvalue weighted by Crippen LogP contribution is -2.28. The molecule has 0 spiro atoms. The Hall–Kier alpha value is -3.08. The molecule has 1 amide bonds. The topological polar surface area (TPSA) is 67.2 Å². The fourth-order valence-electron chi connectivity index (χ4n) is 3.67. The van der Waals surface area contributed by atoms with Gasteiger partial charge in [-0.05, 0) is 35.6 Å². The predicted octanol–water partition coefficient (Wildman–Crippen LogP) is 3.13. The van der Waals surface area contributed by atoms with Crippen molar-refractivity contribution < 1.29 is 9.90 Å². The highest BCUT2D eigenvalue weighted by Crippen LogP contribution is 2.36. The van der Waals surface area contributed by atoms with E-state index in [1.807, 2.05) is 49.5 Å². The number of fused-ring (bicyclic) bond motifs is 1. The number of phenols is 1. The SMILES string of the molecule is Cn1ncc(C(=O)NC2CCc3c(O)cccc32)c1Cc1ccccc1. The van der Waals surface area contributed by atoms with E-state index in [4.69, 9.17) is 0 Å². The molecule has 1 aromatic heterocycles. The summed E-state index contributed by atoms with van der Waals surface area (Å²) in [6.07, 6.45) is 3.86. The van der Waals surface area contributed by atoms with Crippen molar-refractivity contribution in [2.24, 2.45) is 7.05 Å². The zero-order chi connectivity index (χ0) is 18.1. The van der Waals surface area contributed by atoms with E-state index < -0.39 is 0 Å². The number of aromatic nitrogens is 2. The molecule has 0 bridgehead atoms. The average Bonchev–Trinajstić information content (AvgIpc) is 3.21. The number of hydrogen-bond donors (Lipinski definition) is 2. The van der Waals surface area contributed by atoms with E-state index >= 15 is 0 Å².